The minimum Gasteiger partial charge on any atom is -0.462 e. The summed E-state index contributed by atoms with van der Waals surface area (Å²) in [5.41, 5.74) is 7.60. The molecule has 238 valence electrons. The number of thiazole rings is 1. The third-order valence-corrected chi connectivity index (χ3v) is 8.66. The van der Waals surface area contributed by atoms with Gasteiger partial charge in [-0.1, -0.05) is 50.2 Å². The highest BCUT2D eigenvalue weighted by molar-refractivity contribution is 8.00. The van der Waals surface area contributed by atoms with Crippen LogP contribution in [-0.2, 0) is 28.7 Å². The highest BCUT2D eigenvalue weighted by Crippen LogP contribution is 2.41. The Kier molecular flexibility index (Phi) is 11.1. The molecule has 0 radical (unpaired) electrons. The van der Waals surface area contributed by atoms with Crippen LogP contribution in [0.4, 0.5) is 5.13 Å². The van der Waals surface area contributed by atoms with Crippen LogP contribution >= 0.6 is 23.1 Å². The first-order chi connectivity index (χ1) is 21.5. The summed E-state index contributed by atoms with van der Waals surface area (Å²) in [7, 11) is 0. The average molecular weight is 655 g/mol. The molecular weight excluding hydrogens is 620 g/mol. The van der Waals surface area contributed by atoms with Crippen LogP contribution in [0.25, 0.3) is 6.08 Å². The number of nitrogen functional groups attached to an aromatic ring is 1. The molecule has 2 amide bonds. The van der Waals surface area contributed by atoms with E-state index in [9.17, 15) is 24.4 Å². The van der Waals surface area contributed by atoms with Crippen LogP contribution in [0.3, 0.4) is 0 Å². The third-order valence-electron chi connectivity index (χ3n) is 6.69. The fourth-order valence-corrected chi connectivity index (χ4v) is 6.30. The molecule has 2 atom stereocenters. The number of rotatable bonds is 12. The largest absolute Gasteiger partial charge is 0.462 e. The molecule has 0 bridgehead atoms. The molecule has 2 aromatic rings. The van der Waals surface area contributed by atoms with Crippen molar-refractivity contribution in [2.45, 2.75) is 45.5 Å². The molecule has 0 spiro atoms. The van der Waals surface area contributed by atoms with Crippen molar-refractivity contribution in [3.05, 3.63) is 69.7 Å². The van der Waals surface area contributed by atoms with Gasteiger partial charge in [-0.05, 0) is 36.5 Å². The van der Waals surface area contributed by atoms with Gasteiger partial charge in [0, 0.05) is 23.0 Å². The van der Waals surface area contributed by atoms with Gasteiger partial charge in [-0.25, -0.2) is 14.6 Å². The summed E-state index contributed by atoms with van der Waals surface area (Å²) >= 11 is 2.40. The molecule has 45 heavy (non-hydrogen) atoms. The van der Waals surface area contributed by atoms with Gasteiger partial charge in [0.05, 0.1) is 12.2 Å². The molecule has 2 aliphatic rings. The topological polar surface area (TPSA) is 186 Å². The second-order valence-corrected chi connectivity index (χ2v) is 12.5. The van der Waals surface area contributed by atoms with Crippen molar-refractivity contribution in [1.29, 1.82) is 0 Å². The fraction of sp³-hybridized carbons (Fsp3) is 0.367. The number of ether oxygens (including phenoxy) is 2. The molecule has 0 aromatic carbocycles. The maximum absolute atomic E-state index is 13.6. The van der Waals surface area contributed by atoms with Gasteiger partial charge in [-0.3, -0.25) is 19.5 Å². The molecule has 0 saturated carbocycles. The molecule has 2 aliphatic heterocycles. The number of carbonyl (C=O) groups is 4. The fourth-order valence-electron chi connectivity index (χ4n) is 4.44. The zero-order valence-electron chi connectivity index (χ0n) is 25.2. The van der Waals surface area contributed by atoms with Crippen molar-refractivity contribution in [1.82, 2.24) is 20.2 Å². The molecule has 0 unspecified atom stereocenters. The summed E-state index contributed by atoms with van der Waals surface area (Å²) in [5.74, 6) is -2.35. The Morgan fingerprint density at radius 3 is 2.71 bits per heavy atom. The van der Waals surface area contributed by atoms with Gasteiger partial charge < -0.3 is 25.7 Å². The molecule has 4 N–H and O–H groups in total. The maximum Gasteiger partial charge on any atom is 0.355 e. The van der Waals surface area contributed by atoms with Crippen molar-refractivity contribution >= 4 is 63.8 Å². The summed E-state index contributed by atoms with van der Waals surface area (Å²) in [6, 6.07) is 2.64. The van der Waals surface area contributed by atoms with Crippen LogP contribution in [0.1, 0.15) is 44.1 Å². The first-order valence-electron chi connectivity index (χ1n) is 14.1. The SMILES string of the molecule is CC/C=C(\COC(=O)C1=C(/C=C\c2cccnc2C)CS[C@@H]2[C@H](NC(=O)/C(=N\O)c3csc(N)n3)C(=O)N12)C(=O)OCC(C)C. The van der Waals surface area contributed by atoms with Crippen LogP contribution in [0.5, 0.6) is 0 Å². The monoisotopic (exact) mass is 654 g/mol. The number of β-lactam (4-membered cyclic amide) rings is 1. The minimum absolute atomic E-state index is 0.00163. The molecule has 13 nitrogen and oxygen atoms in total. The van der Waals surface area contributed by atoms with Gasteiger partial charge in [0.1, 0.15) is 29.4 Å². The number of nitrogens with two attached hydrogens (primary N) is 1. The van der Waals surface area contributed by atoms with E-state index in [-0.39, 0.29) is 41.2 Å². The van der Waals surface area contributed by atoms with Crippen LogP contribution in [0.2, 0.25) is 0 Å². The van der Waals surface area contributed by atoms with E-state index in [1.54, 1.807) is 30.5 Å². The van der Waals surface area contributed by atoms with Gasteiger partial charge in [0.2, 0.25) is 0 Å². The predicted octanol–water partition coefficient (Wildman–Crippen LogP) is 3.05. The van der Waals surface area contributed by atoms with Crippen LogP contribution < -0.4 is 11.1 Å². The number of nitrogens with zero attached hydrogens (tertiary/aromatic N) is 4. The molecule has 2 aromatic heterocycles. The van der Waals surface area contributed by atoms with Crippen molar-refractivity contribution in [3.8, 4) is 0 Å². The number of amides is 2. The van der Waals surface area contributed by atoms with E-state index in [1.165, 1.54) is 22.0 Å². The van der Waals surface area contributed by atoms with E-state index in [0.717, 1.165) is 22.6 Å². The smallest absolute Gasteiger partial charge is 0.355 e. The summed E-state index contributed by atoms with van der Waals surface area (Å²) in [6.07, 6.45) is 7.35. The number of allylic oxidation sites excluding steroid dienone is 2. The lowest BCUT2D eigenvalue weighted by Crippen LogP contribution is -2.71. The number of anilines is 1. The standard InChI is InChI=1S/C30H34N6O7S2/c1-5-7-19(28(39)42-12-16(2)3)13-43-29(40)24-20(10-9-18-8-6-11-32-17(18)4)14-44-27-23(26(38)36(24)27)34-25(37)22(35-41)21-15-45-30(31)33-21/h6-11,15-16,23,27,41H,5,12-14H2,1-4H3,(H2,31,33)(H,34,37)/b10-9-,19-7+,35-22-/t23-,27-/m1/s1. The number of thioether (sulfide) groups is 1. The van der Waals surface area contributed by atoms with Gasteiger partial charge in [-0.2, -0.15) is 0 Å². The number of pyridine rings is 1. The summed E-state index contributed by atoms with van der Waals surface area (Å²) in [5, 5.41) is 16.1. The highest BCUT2D eigenvalue weighted by Gasteiger charge is 2.54. The lowest BCUT2D eigenvalue weighted by atomic mass is 10.0. The zero-order valence-corrected chi connectivity index (χ0v) is 26.8. The highest BCUT2D eigenvalue weighted by atomic mass is 32.2. The van der Waals surface area contributed by atoms with Crippen molar-refractivity contribution in [2.75, 3.05) is 24.7 Å². The van der Waals surface area contributed by atoms with Gasteiger partial charge in [0.15, 0.2) is 10.8 Å². The van der Waals surface area contributed by atoms with E-state index >= 15 is 0 Å². The Morgan fingerprint density at radius 1 is 1.29 bits per heavy atom. The zero-order chi connectivity index (χ0) is 32.7. The van der Waals surface area contributed by atoms with E-state index in [0.29, 0.717) is 17.7 Å². The number of esters is 2. The van der Waals surface area contributed by atoms with Crippen LogP contribution in [-0.4, -0.2) is 79.9 Å². The third kappa shape index (κ3) is 7.78. The second kappa shape index (κ2) is 15.0. The molecular formula is C30H34N6O7S2. The Labute approximate surface area is 268 Å². The summed E-state index contributed by atoms with van der Waals surface area (Å²) < 4.78 is 10.9. The maximum atomic E-state index is 13.6. The first kappa shape index (κ1) is 33.4. The van der Waals surface area contributed by atoms with E-state index in [4.69, 9.17) is 15.2 Å². The Morgan fingerprint density at radius 2 is 2.07 bits per heavy atom. The number of hydrogen-bond donors (Lipinski definition) is 3. The molecule has 4 rings (SSSR count). The number of oxime groups is 1. The minimum atomic E-state index is -1.02. The van der Waals surface area contributed by atoms with Crippen LogP contribution in [0.15, 0.2) is 57.9 Å². The number of carbonyl (C=O) groups excluding carboxylic acids is 4. The number of hydrogen-bond acceptors (Lipinski definition) is 13. The lowest BCUT2D eigenvalue weighted by Gasteiger charge is -2.49. The van der Waals surface area contributed by atoms with Crippen molar-refractivity contribution in [2.24, 2.45) is 11.1 Å². The van der Waals surface area contributed by atoms with Gasteiger partial charge >= 0.3 is 11.9 Å². The van der Waals surface area contributed by atoms with Gasteiger partial charge in [0.25, 0.3) is 11.8 Å². The Hall–Kier alpha value is -4.50. The van der Waals surface area contributed by atoms with Crippen LogP contribution in [0, 0.1) is 12.8 Å². The normalized spacial score (nSPS) is 18.6. The molecule has 15 heteroatoms. The summed E-state index contributed by atoms with van der Waals surface area (Å²) in [4.78, 5) is 62.2. The Balaban J connectivity index is 1.58. The van der Waals surface area contributed by atoms with E-state index < -0.39 is 40.9 Å². The van der Waals surface area contributed by atoms with E-state index in [1.807, 2.05) is 33.8 Å². The van der Waals surface area contributed by atoms with E-state index in [2.05, 4.69) is 20.4 Å². The molecule has 4 heterocycles. The lowest BCUT2D eigenvalue weighted by molar-refractivity contribution is -0.152. The first-order valence-corrected chi connectivity index (χ1v) is 16.0. The molecule has 1 fully saturated rings. The predicted molar refractivity (Wildman–Crippen MR) is 170 cm³/mol. The number of fused-ring (bicyclic) bond motifs is 1. The molecule has 1 saturated heterocycles. The number of aromatic nitrogens is 2. The Bertz CT molecular complexity index is 1600. The quantitative estimate of drug-likeness (QED) is 0.0763. The second-order valence-electron chi connectivity index (χ2n) is 10.5. The summed E-state index contributed by atoms with van der Waals surface area (Å²) in [6.45, 7) is 7.39. The number of aryl methyl sites for hydroxylation is 1. The molecule has 0 aliphatic carbocycles. The average Bonchev–Trinajstić information content (AvgIpc) is 3.45. The van der Waals surface area contributed by atoms with Crippen molar-refractivity contribution in [3.63, 3.8) is 0 Å². The van der Waals surface area contributed by atoms with Crippen molar-refractivity contribution < 1.29 is 33.9 Å². The number of nitrogens with one attached hydrogen (secondary N) is 1. The van der Waals surface area contributed by atoms with Gasteiger partial charge in [-0.15, -0.1) is 23.1 Å².